The summed E-state index contributed by atoms with van der Waals surface area (Å²) in [6.07, 6.45) is 4.64. The topological polar surface area (TPSA) is 67.8 Å². The van der Waals surface area contributed by atoms with Crippen molar-refractivity contribution in [2.75, 3.05) is 5.32 Å². The summed E-state index contributed by atoms with van der Waals surface area (Å²) in [6.45, 7) is 1.78. The van der Waals surface area contributed by atoms with Gasteiger partial charge in [0.2, 0.25) is 0 Å². The molecule has 0 unspecified atom stereocenters. The molecule has 0 bridgehead atoms. The summed E-state index contributed by atoms with van der Waals surface area (Å²) in [5, 5.41) is 3.84. The van der Waals surface area contributed by atoms with E-state index in [0.29, 0.717) is 16.9 Å². The number of aromatic nitrogens is 3. The number of benzene rings is 1. The zero-order chi connectivity index (χ0) is 13.9. The molecule has 2 aromatic heterocycles. The molecule has 0 radical (unpaired) electrons. The second-order valence-corrected chi connectivity index (χ2v) is 4.36. The number of amides is 1. The molecule has 1 amide bonds. The SMILES string of the molecule is Cc1ncncc1C(=O)Nc1cccc2cccnc12. The Kier molecular flexibility index (Phi) is 3.09. The van der Waals surface area contributed by atoms with Gasteiger partial charge in [-0.25, -0.2) is 9.97 Å². The highest BCUT2D eigenvalue weighted by Crippen LogP contribution is 2.21. The number of carbonyl (C=O) groups is 1. The Morgan fingerprint density at radius 2 is 2.00 bits per heavy atom. The van der Waals surface area contributed by atoms with Gasteiger partial charge >= 0.3 is 0 Å². The van der Waals surface area contributed by atoms with Crippen LogP contribution in [-0.2, 0) is 0 Å². The van der Waals surface area contributed by atoms with E-state index in [9.17, 15) is 4.79 Å². The Bertz CT molecular complexity index is 780. The largest absolute Gasteiger partial charge is 0.320 e. The van der Waals surface area contributed by atoms with Crippen LogP contribution in [-0.4, -0.2) is 20.9 Å². The predicted molar refractivity (Wildman–Crippen MR) is 76.5 cm³/mol. The Balaban J connectivity index is 1.98. The lowest BCUT2D eigenvalue weighted by Gasteiger charge is -2.08. The standard InChI is InChI=1S/C15H12N4O/c1-10-12(8-16-9-18-10)15(20)19-13-6-2-4-11-5-3-7-17-14(11)13/h2-9H,1H3,(H,19,20). The first-order chi connectivity index (χ1) is 9.75. The number of fused-ring (bicyclic) bond motifs is 1. The van der Waals surface area contributed by atoms with Crippen molar-refractivity contribution in [2.24, 2.45) is 0 Å². The van der Waals surface area contributed by atoms with Gasteiger partial charge in [-0.3, -0.25) is 9.78 Å². The quantitative estimate of drug-likeness (QED) is 0.772. The van der Waals surface area contributed by atoms with Crippen molar-refractivity contribution >= 4 is 22.5 Å². The highest BCUT2D eigenvalue weighted by Gasteiger charge is 2.11. The predicted octanol–water partition coefficient (Wildman–Crippen LogP) is 2.59. The zero-order valence-electron chi connectivity index (χ0n) is 10.9. The summed E-state index contributed by atoms with van der Waals surface area (Å²) in [5.41, 5.74) is 2.54. The molecule has 1 aromatic carbocycles. The molecule has 3 rings (SSSR count). The first kappa shape index (κ1) is 12.2. The van der Waals surface area contributed by atoms with Gasteiger partial charge in [0.05, 0.1) is 22.5 Å². The lowest BCUT2D eigenvalue weighted by molar-refractivity contribution is 0.102. The van der Waals surface area contributed by atoms with Crippen molar-refractivity contribution in [1.82, 2.24) is 15.0 Å². The van der Waals surface area contributed by atoms with Gasteiger partial charge in [0.25, 0.3) is 5.91 Å². The lowest BCUT2D eigenvalue weighted by Crippen LogP contribution is -2.14. The molecule has 5 heteroatoms. The van der Waals surface area contributed by atoms with Crippen molar-refractivity contribution < 1.29 is 4.79 Å². The van der Waals surface area contributed by atoms with E-state index in [2.05, 4.69) is 20.3 Å². The van der Waals surface area contributed by atoms with E-state index in [1.165, 1.54) is 12.5 Å². The van der Waals surface area contributed by atoms with E-state index < -0.39 is 0 Å². The number of anilines is 1. The molecule has 0 saturated heterocycles. The molecule has 0 saturated carbocycles. The summed E-state index contributed by atoms with van der Waals surface area (Å²) >= 11 is 0. The third kappa shape index (κ3) is 2.21. The fraction of sp³-hybridized carbons (Fsp3) is 0.0667. The number of pyridine rings is 1. The van der Waals surface area contributed by atoms with Crippen LogP contribution in [0.25, 0.3) is 10.9 Å². The van der Waals surface area contributed by atoms with Gasteiger partial charge in [-0.05, 0) is 19.1 Å². The molecule has 5 nitrogen and oxygen atoms in total. The smallest absolute Gasteiger partial charge is 0.259 e. The average molecular weight is 264 g/mol. The Labute approximate surface area is 115 Å². The van der Waals surface area contributed by atoms with Crippen LogP contribution in [0.5, 0.6) is 0 Å². The number of aryl methyl sites for hydroxylation is 1. The van der Waals surface area contributed by atoms with Crippen LogP contribution in [0.4, 0.5) is 5.69 Å². The summed E-state index contributed by atoms with van der Waals surface area (Å²) in [4.78, 5) is 24.5. The molecule has 0 fully saturated rings. The molecule has 0 spiro atoms. The maximum Gasteiger partial charge on any atom is 0.259 e. The maximum atomic E-state index is 12.3. The highest BCUT2D eigenvalue weighted by molar-refractivity contribution is 6.08. The molecule has 0 aliphatic heterocycles. The fourth-order valence-corrected chi connectivity index (χ4v) is 2.01. The van der Waals surface area contributed by atoms with Crippen molar-refractivity contribution in [3.05, 3.63) is 60.3 Å². The average Bonchev–Trinajstić information content (AvgIpc) is 2.48. The van der Waals surface area contributed by atoms with Crippen LogP contribution in [0, 0.1) is 6.92 Å². The van der Waals surface area contributed by atoms with E-state index in [1.54, 1.807) is 13.1 Å². The first-order valence-corrected chi connectivity index (χ1v) is 6.17. The van der Waals surface area contributed by atoms with E-state index >= 15 is 0 Å². The highest BCUT2D eigenvalue weighted by atomic mass is 16.1. The van der Waals surface area contributed by atoms with Crippen LogP contribution in [0.3, 0.4) is 0 Å². The van der Waals surface area contributed by atoms with Crippen molar-refractivity contribution in [3.63, 3.8) is 0 Å². The molecule has 1 N–H and O–H groups in total. The molecule has 2 heterocycles. The van der Waals surface area contributed by atoms with E-state index in [0.717, 1.165) is 10.9 Å². The summed E-state index contributed by atoms with van der Waals surface area (Å²) in [5.74, 6) is -0.235. The van der Waals surface area contributed by atoms with Gasteiger partial charge in [-0.1, -0.05) is 18.2 Å². The number of rotatable bonds is 2. The number of hydrogen-bond donors (Lipinski definition) is 1. The van der Waals surface area contributed by atoms with Crippen LogP contribution in [0.15, 0.2) is 49.1 Å². The molecular formula is C15H12N4O. The maximum absolute atomic E-state index is 12.3. The minimum absolute atomic E-state index is 0.235. The van der Waals surface area contributed by atoms with Crippen LogP contribution < -0.4 is 5.32 Å². The first-order valence-electron chi connectivity index (χ1n) is 6.17. The molecular weight excluding hydrogens is 252 g/mol. The third-order valence-corrected chi connectivity index (χ3v) is 3.04. The monoisotopic (exact) mass is 264 g/mol. The molecule has 0 aliphatic carbocycles. The molecule has 98 valence electrons. The molecule has 3 aromatic rings. The van der Waals surface area contributed by atoms with Gasteiger partial charge in [0.1, 0.15) is 6.33 Å². The van der Waals surface area contributed by atoms with Gasteiger partial charge < -0.3 is 5.32 Å². The van der Waals surface area contributed by atoms with Crippen LogP contribution in [0.1, 0.15) is 16.1 Å². The Hall–Kier alpha value is -2.82. The fourth-order valence-electron chi connectivity index (χ4n) is 2.01. The third-order valence-electron chi connectivity index (χ3n) is 3.04. The van der Waals surface area contributed by atoms with E-state index in [1.807, 2.05) is 30.3 Å². The van der Waals surface area contributed by atoms with Gasteiger partial charge in [-0.15, -0.1) is 0 Å². The normalized spacial score (nSPS) is 10.4. The van der Waals surface area contributed by atoms with Crippen molar-refractivity contribution in [1.29, 1.82) is 0 Å². The van der Waals surface area contributed by atoms with Crippen LogP contribution >= 0.6 is 0 Å². The molecule has 0 atom stereocenters. The number of para-hydroxylation sites is 1. The molecule has 0 aliphatic rings. The van der Waals surface area contributed by atoms with Gasteiger partial charge in [0, 0.05) is 17.8 Å². The minimum atomic E-state index is -0.235. The van der Waals surface area contributed by atoms with E-state index in [4.69, 9.17) is 0 Å². The second-order valence-electron chi connectivity index (χ2n) is 4.36. The van der Waals surface area contributed by atoms with Gasteiger partial charge in [-0.2, -0.15) is 0 Å². The van der Waals surface area contributed by atoms with E-state index in [-0.39, 0.29) is 5.91 Å². The summed E-state index contributed by atoms with van der Waals surface area (Å²) < 4.78 is 0. The van der Waals surface area contributed by atoms with Gasteiger partial charge in [0.15, 0.2) is 0 Å². The van der Waals surface area contributed by atoms with Crippen molar-refractivity contribution in [2.45, 2.75) is 6.92 Å². The second kappa shape index (κ2) is 5.05. The number of carbonyl (C=O) groups excluding carboxylic acids is 1. The molecule has 20 heavy (non-hydrogen) atoms. The summed E-state index contributed by atoms with van der Waals surface area (Å²) in [6, 6.07) is 9.48. The summed E-state index contributed by atoms with van der Waals surface area (Å²) in [7, 11) is 0. The van der Waals surface area contributed by atoms with Crippen LogP contribution in [0.2, 0.25) is 0 Å². The Morgan fingerprint density at radius 1 is 1.15 bits per heavy atom. The van der Waals surface area contributed by atoms with Crippen molar-refractivity contribution in [3.8, 4) is 0 Å². The Morgan fingerprint density at radius 3 is 2.85 bits per heavy atom. The minimum Gasteiger partial charge on any atom is -0.320 e. The number of nitrogens with zero attached hydrogens (tertiary/aromatic N) is 3. The number of hydrogen-bond acceptors (Lipinski definition) is 4. The zero-order valence-corrected chi connectivity index (χ0v) is 10.9. The number of nitrogens with one attached hydrogen (secondary N) is 1. The lowest BCUT2D eigenvalue weighted by atomic mass is 10.1.